The van der Waals surface area contributed by atoms with Gasteiger partial charge in [-0.05, 0) is 55.8 Å². The predicted octanol–water partition coefficient (Wildman–Crippen LogP) is 3.71. The smallest absolute Gasteiger partial charge is 0.0586 e. The maximum absolute atomic E-state index is 5.78. The third-order valence-electron chi connectivity index (χ3n) is 4.83. The minimum atomic E-state index is 0.485. The van der Waals surface area contributed by atoms with Crippen LogP contribution in [-0.2, 0) is 4.74 Å². The van der Waals surface area contributed by atoms with Gasteiger partial charge in [0.15, 0.2) is 0 Å². The van der Waals surface area contributed by atoms with E-state index in [9.17, 15) is 0 Å². The van der Waals surface area contributed by atoms with Gasteiger partial charge in [0.05, 0.1) is 6.10 Å². The number of halogens is 1. The molecular weight excluding hydrogens is 302 g/mol. The molecule has 0 radical (unpaired) electrons. The van der Waals surface area contributed by atoms with Crippen LogP contribution in [0.25, 0.3) is 0 Å². The Kier molecular flexibility index (Phi) is 3.97. The Morgan fingerprint density at radius 2 is 2.05 bits per heavy atom. The molecule has 1 N–H and O–H groups in total. The van der Waals surface area contributed by atoms with Crippen molar-refractivity contribution in [1.29, 1.82) is 0 Å². The second kappa shape index (κ2) is 5.55. The van der Waals surface area contributed by atoms with Crippen LogP contribution in [0.5, 0.6) is 0 Å². The van der Waals surface area contributed by atoms with Crippen molar-refractivity contribution in [2.45, 2.75) is 38.2 Å². The molecule has 1 aromatic carbocycles. The molecule has 0 aromatic heterocycles. The van der Waals surface area contributed by atoms with E-state index >= 15 is 0 Å². The van der Waals surface area contributed by atoms with Crippen molar-refractivity contribution in [3.8, 4) is 0 Å². The van der Waals surface area contributed by atoms with Crippen LogP contribution in [0, 0.1) is 5.41 Å². The Balaban J connectivity index is 1.77. The first-order valence-corrected chi connectivity index (χ1v) is 8.10. The number of piperidine rings is 1. The van der Waals surface area contributed by atoms with Crippen LogP contribution in [0.3, 0.4) is 0 Å². The predicted molar refractivity (Wildman–Crippen MR) is 81.5 cm³/mol. The van der Waals surface area contributed by atoms with Crippen LogP contribution >= 0.6 is 15.9 Å². The second-order valence-corrected chi connectivity index (χ2v) is 6.82. The quantitative estimate of drug-likeness (QED) is 0.915. The molecule has 3 rings (SSSR count). The summed E-state index contributed by atoms with van der Waals surface area (Å²) in [5.74, 6) is 0.644. The van der Waals surface area contributed by atoms with Crippen molar-refractivity contribution in [3.63, 3.8) is 0 Å². The number of ether oxygens (including phenoxy) is 1. The van der Waals surface area contributed by atoms with E-state index in [0.29, 0.717) is 17.4 Å². The van der Waals surface area contributed by atoms with Crippen molar-refractivity contribution in [3.05, 3.63) is 34.3 Å². The fourth-order valence-electron chi connectivity index (χ4n) is 3.83. The van der Waals surface area contributed by atoms with Crippen molar-refractivity contribution in [2.75, 3.05) is 19.7 Å². The lowest BCUT2D eigenvalue weighted by Crippen LogP contribution is -2.53. The molecule has 1 unspecified atom stereocenters. The minimum absolute atomic E-state index is 0.485. The van der Waals surface area contributed by atoms with E-state index in [4.69, 9.17) is 4.74 Å². The first kappa shape index (κ1) is 13.6. The van der Waals surface area contributed by atoms with Gasteiger partial charge < -0.3 is 10.1 Å². The zero-order valence-corrected chi connectivity index (χ0v) is 13.1. The van der Waals surface area contributed by atoms with E-state index in [0.717, 1.165) is 24.2 Å². The van der Waals surface area contributed by atoms with Gasteiger partial charge in [-0.3, -0.25) is 0 Å². The normalized spacial score (nSPS) is 34.2. The molecular formula is C16H22BrNO. The zero-order valence-electron chi connectivity index (χ0n) is 11.5. The SMILES string of the molecule is CCOC1CC2(CCNCC2c2ccc(Br)cc2)C1. The topological polar surface area (TPSA) is 21.3 Å². The molecule has 1 spiro atoms. The largest absolute Gasteiger partial charge is 0.378 e. The van der Waals surface area contributed by atoms with E-state index in [1.54, 1.807) is 0 Å². The van der Waals surface area contributed by atoms with Gasteiger partial charge in [-0.2, -0.15) is 0 Å². The molecule has 1 aliphatic carbocycles. The van der Waals surface area contributed by atoms with Crippen LogP contribution in [0.15, 0.2) is 28.7 Å². The second-order valence-electron chi connectivity index (χ2n) is 5.91. The summed E-state index contributed by atoms with van der Waals surface area (Å²) in [6, 6.07) is 8.88. The Labute approximate surface area is 124 Å². The Morgan fingerprint density at radius 1 is 1.32 bits per heavy atom. The van der Waals surface area contributed by atoms with Crippen LogP contribution in [0.1, 0.15) is 37.7 Å². The highest BCUT2D eigenvalue weighted by Gasteiger charge is 2.51. The Hall–Kier alpha value is -0.380. The molecule has 0 bridgehead atoms. The molecule has 1 saturated heterocycles. The minimum Gasteiger partial charge on any atom is -0.378 e. The molecule has 1 heterocycles. The van der Waals surface area contributed by atoms with Gasteiger partial charge in [-0.15, -0.1) is 0 Å². The lowest BCUT2D eigenvalue weighted by molar-refractivity contribution is -0.0995. The monoisotopic (exact) mass is 323 g/mol. The summed E-state index contributed by atoms with van der Waals surface area (Å²) in [4.78, 5) is 0. The van der Waals surface area contributed by atoms with Gasteiger partial charge in [0.25, 0.3) is 0 Å². The van der Waals surface area contributed by atoms with Crippen molar-refractivity contribution >= 4 is 15.9 Å². The fourth-order valence-corrected chi connectivity index (χ4v) is 4.09. The number of nitrogens with one attached hydrogen (secondary N) is 1. The van der Waals surface area contributed by atoms with Crippen LogP contribution in [-0.4, -0.2) is 25.8 Å². The summed E-state index contributed by atoms with van der Waals surface area (Å²) < 4.78 is 6.94. The van der Waals surface area contributed by atoms with E-state index in [2.05, 4.69) is 52.4 Å². The maximum atomic E-state index is 5.78. The number of rotatable bonds is 3. The summed E-state index contributed by atoms with van der Waals surface area (Å²) in [6.45, 7) is 5.22. The molecule has 104 valence electrons. The van der Waals surface area contributed by atoms with Crippen molar-refractivity contribution in [1.82, 2.24) is 5.32 Å². The maximum Gasteiger partial charge on any atom is 0.0586 e. The van der Waals surface area contributed by atoms with Crippen LogP contribution in [0.2, 0.25) is 0 Å². The first-order valence-electron chi connectivity index (χ1n) is 7.31. The number of benzene rings is 1. The van der Waals surface area contributed by atoms with Gasteiger partial charge >= 0.3 is 0 Å². The summed E-state index contributed by atoms with van der Waals surface area (Å²) >= 11 is 3.52. The van der Waals surface area contributed by atoms with Gasteiger partial charge in [0.2, 0.25) is 0 Å². The number of hydrogen-bond acceptors (Lipinski definition) is 2. The van der Waals surface area contributed by atoms with Crippen LogP contribution in [0.4, 0.5) is 0 Å². The molecule has 1 saturated carbocycles. The molecule has 2 nitrogen and oxygen atoms in total. The third-order valence-corrected chi connectivity index (χ3v) is 5.36. The summed E-state index contributed by atoms with van der Waals surface area (Å²) in [5, 5.41) is 3.57. The highest BCUT2D eigenvalue weighted by atomic mass is 79.9. The molecule has 2 fully saturated rings. The van der Waals surface area contributed by atoms with Gasteiger partial charge in [0, 0.05) is 23.5 Å². The summed E-state index contributed by atoms with van der Waals surface area (Å²) in [7, 11) is 0. The molecule has 1 aromatic rings. The standard InChI is InChI=1S/C16H22BrNO/c1-2-19-14-9-16(10-14)7-8-18-11-15(16)12-3-5-13(17)6-4-12/h3-6,14-15,18H,2,7-11H2,1H3. The molecule has 1 aliphatic heterocycles. The van der Waals surface area contributed by atoms with E-state index < -0.39 is 0 Å². The highest BCUT2D eigenvalue weighted by molar-refractivity contribution is 9.10. The molecule has 0 amide bonds. The summed E-state index contributed by atoms with van der Waals surface area (Å²) in [6.07, 6.45) is 4.27. The highest BCUT2D eigenvalue weighted by Crippen LogP contribution is 2.55. The molecule has 3 heteroatoms. The van der Waals surface area contributed by atoms with E-state index in [1.165, 1.54) is 24.8 Å². The van der Waals surface area contributed by atoms with Gasteiger partial charge in [-0.25, -0.2) is 0 Å². The fraction of sp³-hybridized carbons (Fsp3) is 0.625. The van der Waals surface area contributed by atoms with Gasteiger partial charge in [-0.1, -0.05) is 28.1 Å². The van der Waals surface area contributed by atoms with Crippen LogP contribution < -0.4 is 5.32 Å². The van der Waals surface area contributed by atoms with Crippen molar-refractivity contribution < 1.29 is 4.74 Å². The number of hydrogen-bond donors (Lipinski definition) is 1. The molecule has 1 atom stereocenters. The van der Waals surface area contributed by atoms with Gasteiger partial charge in [0.1, 0.15) is 0 Å². The Bertz CT molecular complexity index is 425. The zero-order chi connectivity index (χ0) is 13.3. The molecule has 19 heavy (non-hydrogen) atoms. The average molecular weight is 324 g/mol. The molecule has 2 aliphatic rings. The van der Waals surface area contributed by atoms with E-state index in [-0.39, 0.29) is 0 Å². The van der Waals surface area contributed by atoms with Crippen molar-refractivity contribution in [2.24, 2.45) is 5.41 Å². The average Bonchev–Trinajstić information content (AvgIpc) is 2.39. The Morgan fingerprint density at radius 3 is 2.74 bits per heavy atom. The summed E-state index contributed by atoms with van der Waals surface area (Å²) in [5.41, 5.74) is 1.96. The van der Waals surface area contributed by atoms with E-state index in [1.807, 2.05) is 0 Å². The first-order chi connectivity index (χ1) is 9.23. The lowest BCUT2D eigenvalue weighted by Gasteiger charge is -2.55. The lowest BCUT2D eigenvalue weighted by atomic mass is 9.55. The third kappa shape index (κ3) is 2.61.